The molecule has 0 amide bonds. The van der Waals surface area contributed by atoms with Crippen molar-refractivity contribution < 1.29 is 0 Å². The van der Waals surface area contributed by atoms with Crippen molar-refractivity contribution in [2.75, 3.05) is 10.7 Å². The lowest BCUT2D eigenvalue weighted by Gasteiger charge is -2.13. The number of anilines is 3. The highest BCUT2D eigenvalue weighted by Crippen LogP contribution is 2.37. The molecule has 0 aliphatic heterocycles. The number of nitrogens with one attached hydrogen (secondary N) is 2. The topological polar surface area (TPSA) is 75.9 Å². The van der Waals surface area contributed by atoms with Crippen LogP contribution in [0, 0.1) is 6.92 Å². The van der Waals surface area contributed by atoms with E-state index >= 15 is 0 Å². The van der Waals surface area contributed by atoms with Gasteiger partial charge in [0.15, 0.2) is 0 Å². The molecule has 100 valence electrons. The number of rotatable bonds is 3. The van der Waals surface area contributed by atoms with E-state index in [1.165, 1.54) is 6.33 Å². The quantitative estimate of drug-likeness (QED) is 0.438. The van der Waals surface area contributed by atoms with Crippen molar-refractivity contribution in [3.63, 3.8) is 0 Å². The number of hydrogen-bond donors (Lipinski definition) is 3. The second kappa shape index (κ2) is 5.92. The summed E-state index contributed by atoms with van der Waals surface area (Å²) < 4.78 is 0.730. The van der Waals surface area contributed by atoms with Crippen LogP contribution in [0.1, 0.15) is 5.56 Å². The molecule has 0 bridgehead atoms. The minimum atomic E-state index is 0.413. The predicted octanol–water partition coefficient (Wildman–Crippen LogP) is 3.88. The number of hydrogen-bond acceptors (Lipinski definition) is 5. The highest BCUT2D eigenvalue weighted by atomic mass is 79.9. The molecule has 5 nitrogen and oxygen atoms in total. The number of hydrazine groups is 1. The number of halogens is 3. The van der Waals surface area contributed by atoms with Gasteiger partial charge in [0.2, 0.25) is 0 Å². The largest absolute Gasteiger partial charge is 0.339 e. The average Bonchev–Trinajstić information content (AvgIpc) is 2.41. The van der Waals surface area contributed by atoms with Gasteiger partial charge in [0, 0.05) is 10.0 Å². The van der Waals surface area contributed by atoms with Gasteiger partial charge in [-0.1, -0.05) is 23.2 Å². The lowest BCUT2D eigenvalue weighted by molar-refractivity contribution is 1.11. The first-order valence-electron chi connectivity index (χ1n) is 5.23. The first-order chi connectivity index (χ1) is 9.04. The van der Waals surface area contributed by atoms with E-state index in [-0.39, 0.29) is 0 Å². The summed E-state index contributed by atoms with van der Waals surface area (Å²) in [4.78, 5) is 8.14. The Kier molecular flexibility index (Phi) is 4.46. The minimum absolute atomic E-state index is 0.413. The van der Waals surface area contributed by atoms with Gasteiger partial charge < -0.3 is 10.7 Å². The molecule has 19 heavy (non-hydrogen) atoms. The van der Waals surface area contributed by atoms with Gasteiger partial charge >= 0.3 is 0 Å². The van der Waals surface area contributed by atoms with Crippen LogP contribution in [0.5, 0.6) is 0 Å². The lowest BCUT2D eigenvalue weighted by Crippen LogP contribution is -2.11. The molecular formula is C11H10BrCl2N5. The van der Waals surface area contributed by atoms with Crippen LogP contribution in [0.4, 0.5) is 17.3 Å². The van der Waals surface area contributed by atoms with E-state index in [0.29, 0.717) is 27.4 Å². The molecule has 0 saturated heterocycles. The number of nitrogen functional groups attached to an aromatic ring is 1. The third-order valence-corrected chi connectivity index (χ3v) is 4.28. The van der Waals surface area contributed by atoms with E-state index in [1.807, 2.05) is 6.92 Å². The summed E-state index contributed by atoms with van der Waals surface area (Å²) >= 11 is 15.5. The Morgan fingerprint density at radius 3 is 2.53 bits per heavy atom. The normalized spacial score (nSPS) is 10.4. The molecule has 0 saturated carbocycles. The van der Waals surface area contributed by atoms with Crippen LogP contribution < -0.4 is 16.6 Å². The highest BCUT2D eigenvalue weighted by Gasteiger charge is 2.11. The SMILES string of the molecule is Cc1c(NN)ncnc1Nc1ccc(Br)c(Cl)c1Cl. The van der Waals surface area contributed by atoms with Crippen LogP contribution in [0.2, 0.25) is 10.0 Å². The zero-order chi connectivity index (χ0) is 14.0. The molecule has 1 heterocycles. The van der Waals surface area contributed by atoms with Crippen LogP contribution >= 0.6 is 39.1 Å². The van der Waals surface area contributed by atoms with E-state index < -0.39 is 0 Å². The van der Waals surface area contributed by atoms with Gasteiger partial charge in [-0.3, -0.25) is 0 Å². The third kappa shape index (κ3) is 2.92. The Labute approximate surface area is 128 Å². The molecule has 0 aliphatic rings. The third-order valence-electron chi connectivity index (χ3n) is 2.51. The van der Waals surface area contributed by atoms with Crippen molar-refractivity contribution in [2.24, 2.45) is 5.84 Å². The zero-order valence-corrected chi connectivity index (χ0v) is 12.9. The Bertz CT molecular complexity index is 620. The summed E-state index contributed by atoms with van der Waals surface area (Å²) in [7, 11) is 0. The van der Waals surface area contributed by atoms with Gasteiger partial charge in [-0.05, 0) is 35.0 Å². The second-order valence-corrected chi connectivity index (χ2v) is 5.30. The number of nitrogens with two attached hydrogens (primary N) is 1. The Balaban J connectivity index is 2.39. The summed E-state index contributed by atoms with van der Waals surface area (Å²) in [6.07, 6.45) is 1.40. The van der Waals surface area contributed by atoms with Gasteiger partial charge in [-0.25, -0.2) is 15.8 Å². The van der Waals surface area contributed by atoms with E-state index in [1.54, 1.807) is 12.1 Å². The van der Waals surface area contributed by atoms with Crippen LogP contribution in [-0.2, 0) is 0 Å². The molecule has 0 spiro atoms. The van der Waals surface area contributed by atoms with Crippen LogP contribution in [0.25, 0.3) is 0 Å². The molecule has 2 rings (SSSR count). The summed E-state index contributed by atoms with van der Waals surface area (Å²) in [5, 5.41) is 3.95. The second-order valence-electron chi connectivity index (χ2n) is 3.69. The smallest absolute Gasteiger partial charge is 0.148 e. The van der Waals surface area contributed by atoms with Crippen molar-refractivity contribution in [2.45, 2.75) is 6.92 Å². The Morgan fingerprint density at radius 1 is 1.16 bits per heavy atom. The van der Waals surface area contributed by atoms with Gasteiger partial charge in [-0.2, -0.15) is 0 Å². The molecule has 1 aromatic heterocycles. The minimum Gasteiger partial charge on any atom is -0.339 e. The van der Waals surface area contributed by atoms with E-state index in [0.717, 1.165) is 10.0 Å². The van der Waals surface area contributed by atoms with Crippen molar-refractivity contribution in [1.82, 2.24) is 9.97 Å². The monoisotopic (exact) mass is 361 g/mol. The molecule has 0 radical (unpaired) electrons. The fourth-order valence-electron chi connectivity index (χ4n) is 1.47. The summed E-state index contributed by atoms with van der Waals surface area (Å²) in [5.41, 5.74) is 3.93. The maximum atomic E-state index is 6.17. The highest BCUT2D eigenvalue weighted by molar-refractivity contribution is 9.10. The average molecular weight is 363 g/mol. The molecular weight excluding hydrogens is 353 g/mol. The molecule has 0 fully saturated rings. The lowest BCUT2D eigenvalue weighted by atomic mass is 10.2. The van der Waals surface area contributed by atoms with Gasteiger partial charge in [-0.15, -0.1) is 0 Å². The van der Waals surface area contributed by atoms with Crippen molar-refractivity contribution in [3.8, 4) is 0 Å². The fourth-order valence-corrected chi connectivity index (χ4v) is 2.29. The molecule has 0 aliphatic carbocycles. The first-order valence-corrected chi connectivity index (χ1v) is 6.78. The van der Waals surface area contributed by atoms with E-state index in [2.05, 4.69) is 36.6 Å². The molecule has 2 aromatic rings. The van der Waals surface area contributed by atoms with Crippen molar-refractivity contribution in [3.05, 3.63) is 38.5 Å². The van der Waals surface area contributed by atoms with Crippen LogP contribution in [-0.4, -0.2) is 9.97 Å². The summed E-state index contributed by atoms with van der Waals surface area (Å²) in [6, 6.07) is 3.60. The molecule has 8 heteroatoms. The van der Waals surface area contributed by atoms with Gasteiger partial charge in [0.05, 0.1) is 15.7 Å². The molecule has 0 unspecified atom stereocenters. The van der Waals surface area contributed by atoms with Gasteiger partial charge in [0.25, 0.3) is 0 Å². The fraction of sp³-hybridized carbons (Fsp3) is 0.0909. The van der Waals surface area contributed by atoms with Gasteiger partial charge in [0.1, 0.15) is 18.0 Å². The summed E-state index contributed by atoms with van der Waals surface area (Å²) in [5.74, 6) is 6.50. The van der Waals surface area contributed by atoms with E-state index in [4.69, 9.17) is 29.0 Å². The standard InChI is InChI=1S/C11H10BrCl2N5/c1-5-10(16-4-17-11(5)19-15)18-7-3-2-6(12)8(13)9(7)14/h2-4H,15H2,1H3,(H2,16,17,18,19). The molecule has 4 N–H and O–H groups in total. The van der Waals surface area contributed by atoms with E-state index in [9.17, 15) is 0 Å². The van der Waals surface area contributed by atoms with Crippen molar-refractivity contribution >= 4 is 56.5 Å². The first kappa shape index (κ1) is 14.3. The zero-order valence-electron chi connectivity index (χ0n) is 9.84. The Morgan fingerprint density at radius 2 is 1.84 bits per heavy atom. The molecule has 0 atom stereocenters. The Hall–Kier alpha value is -1.08. The summed E-state index contributed by atoms with van der Waals surface area (Å²) in [6.45, 7) is 1.84. The number of benzene rings is 1. The number of nitrogens with zero attached hydrogens (tertiary/aromatic N) is 2. The van der Waals surface area contributed by atoms with Crippen molar-refractivity contribution in [1.29, 1.82) is 0 Å². The van der Waals surface area contributed by atoms with Crippen LogP contribution in [0.3, 0.4) is 0 Å². The predicted molar refractivity (Wildman–Crippen MR) is 82.0 cm³/mol. The molecule has 1 aromatic carbocycles. The maximum Gasteiger partial charge on any atom is 0.148 e. The number of aromatic nitrogens is 2. The maximum absolute atomic E-state index is 6.17. The van der Waals surface area contributed by atoms with Crippen LogP contribution in [0.15, 0.2) is 22.9 Å².